The molecule has 52 heavy (non-hydrogen) atoms. The molecule has 0 aromatic rings. The van der Waals surface area contributed by atoms with Crippen LogP contribution in [0.3, 0.4) is 0 Å². The van der Waals surface area contributed by atoms with Gasteiger partial charge in [-0.3, -0.25) is 14.4 Å². The van der Waals surface area contributed by atoms with Gasteiger partial charge in [-0.1, -0.05) is 202 Å². The second-order valence-electron chi connectivity index (χ2n) is 17.1. The molecule has 0 unspecified atom stereocenters. The number of hydrogen-bond donors (Lipinski definition) is 0. The fraction of sp³-hybridized carbons (Fsp3) is 0.935. The highest BCUT2D eigenvalue weighted by molar-refractivity contribution is 5.71. The Hall–Kier alpha value is -1.59. The van der Waals surface area contributed by atoms with Gasteiger partial charge in [-0.2, -0.15) is 0 Å². The van der Waals surface area contributed by atoms with Crippen molar-refractivity contribution < 1.29 is 28.6 Å². The standard InChI is InChI=1S/C46H88O6/c1-40(2)32-26-20-14-10-8-7-9-11-16-23-29-35-44(47)50-38-43(39-51-45(48)36-30-24-19-18-22-28-34-42(5)6)52-46(49)37-31-25-17-13-12-15-21-27-33-41(3)4/h40-43H,7-39H2,1-6H3/t43-/m0/s1. The third-order valence-electron chi connectivity index (χ3n) is 10.1. The first-order valence-electron chi connectivity index (χ1n) is 22.6. The Morgan fingerprint density at radius 3 is 0.827 bits per heavy atom. The van der Waals surface area contributed by atoms with Crippen LogP contribution in [-0.2, 0) is 28.6 Å². The van der Waals surface area contributed by atoms with E-state index in [1.54, 1.807) is 0 Å². The third kappa shape index (κ3) is 39.6. The summed E-state index contributed by atoms with van der Waals surface area (Å²) in [6.45, 7) is 13.6. The highest BCUT2D eigenvalue weighted by atomic mass is 16.6. The van der Waals surface area contributed by atoms with Gasteiger partial charge in [0.2, 0.25) is 0 Å². The molecule has 1 atom stereocenters. The monoisotopic (exact) mass is 737 g/mol. The molecule has 0 aliphatic rings. The number of hydrogen-bond acceptors (Lipinski definition) is 6. The molecule has 0 radical (unpaired) electrons. The number of rotatable bonds is 39. The van der Waals surface area contributed by atoms with E-state index in [2.05, 4.69) is 41.5 Å². The van der Waals surface area contributed by atoms with Gasteiger partial charge in [0.1, 0.15) is 13.2 Å². The number of carbonyl (C=O) groups excluding carboxylic acids is 3. The number of ether oxygens (including phenoxy) is 3. The van der Waals surface area contributed by atoms with Crippen LogP contribution in [0.15, 0.2) is 0 Å². The first-order valence-corrected chi connectivity index (χ1v) is 22.6. The predicted molar refractivity (Wildman–Crippen MR) is 219 cm³/mol. The second kappa shape index (κ2) is 37.7. The fourth-order valence-electron chi connectivity index (χ4n) is 6.70. The molecule has 0 bridgehead atoms. The summed E-state index contributed by atoms with van der Waals surface area (Å²) in [6.07, 6.45) is 33.9. The lowest BCUT2D eigenvalue weighted by molar-refractivity contribution is -0.167. The molecule has 0 saturated carbocycles. The number of carbonyl (C=O) groups is 3. The van der Waals surface area contributed by atoms with Crippen LogP contribution in [-0.4, -0.2) is 37.2 Å². The molecule has 0 aliphatic carbocycles. The van der Waals surface area contributed by atoms with E-state index in [1.165, 1.54) is 122 Å². The fourth-order valence-corrected chi connectivity index (χ4v) is 6.70. The van der Waals surface area contributed by atoms with Gasteiger partial charge in [0.15, 0.2) is 6.10 Å². The molecule has 0 amide bonds. The van der Waals surface area contributed by atoms with Crippen molar-refractivity contribution in [3.63, 3.8) is 0 Å². The van der Waals surface area contributed by atoms with Crippen LogP contribution in [0.1, 0.15) is 241 Å². The Bertz CT molecular complexity index is 807. The van der Waals surface area contributed by atoms with E-state index in [0.29, 0.717) is 19.3 Å². The molecule has 308 valence electrons. The molecular formula is C46H88O6. The maximum atomic E-state index is 12.7. The summed E-state index contributed by atoms with van der Waals surface area (Å²) in [5.41, 5.74) is 0. The topological polar surface area (TPSA) is 78.9 Å². The van der Waals surface area contributed by atoms with E-state index in [9.17, 15) is 14.4 Å². The highest BCUT2D eigenvalue weighted by Gasteiger charge is 2.19. The van der Waals surface area contributed by atoms with Crippen molar-refractivity contribution >= 4 is 17.9 Å². The minimum Gasteiger partial charge on any atom is -0.462 e. The van der Waals surface area contributed by atoms with Gasteiger partial charge >= 0.3 is 17.9 Å². The average molecular weight is 737 g/mol. The molecule has 0 aliphatic heterocycles. The first-order chi connectivity index (χ1) is 25.1. The summed E-state index contributed by atoms with van der Waals surface area (Å²) in [5.74, 6) is 1.52. The molecular weight excluding hydrogens is 648 g/mol. The van der Waals surface area contributed by atoms with Gasteiger partial charge < -0.3 is 14.2 Å². The molecule has 0 heterocycles. The lowest BCUT2D eigenvalue weighted by atomic mass is 10.0. The van der Waals surface area contributed by atoms with Crippen LogP contribution in [0.4, 0.5) is 0 Å². The van der Waals surface area contributed by atoms with E-state index >= 15 is 0 Å². The summed E-state index contributed by atoms with van der Waals surface area (Å²) in [7, 11) is 0. The Balaban J connectivity index is 4.32. The molecule has 6 nitrogen and oxygen atoms in total. The van der Waals surface area contributed by atoms with Crippen molar-refractivity contribution in [3.8, 4) is 0 Å². The number of unbranched alkanes of at least 4 members (excludes halogenated alkanes) is 22. The molecule has 0 spiro atoms. The molecule has 6 heteroatoms. The van der Waals surface area contributed by atoms with Crippen molar-refractivity contribution in [2.24, 2.45) is 17.8 Å². The van der Waals surface area contributed by atoms with Gasteiger partial charge in [-0.15, -0.1) is 0 Å². The van der Waals surface area contributed by atoms with Crippen molar-refractivity contribution in [1.29, 1.82) is 0 Å². The summed E-state index contributed by atoms with van der Waals surface area (Å²) in [6, 6.07) is 0. The number of esters is 3. The zero-order valence-corrected chi connectivity index (χ0v) is 35.6. The molecule has 0 aromatic carbocycles. The maximum absolute atomic E-state index is 12.7. The predicted octanol–water partition coefficient (Wildman–Crippen LogP) is 14.0. The zero-order chi connectivity index (χ0) is 38.5. The average Bonchev–Trinajstić information content (AvgIpc) is 3.09. The second-order valence-corrected chi connectivity index (χ2v) is 17.1. The molecule has 0 N–H and O–H groups in total. The van der Waals surface area contributed by atoms with Crippen LogP contribution in [0.25, 0.3) is 0 Å². The minimum absolute atomic E-state index is 0.0670. The van der Waals surface area contributed by atoms with E-state index in [-0.39, 0.29) is 31.1 Å². The zero-order valence-electron chi connectivity index (χ0n) is 35.6. The van der Waals surface area contributed by atoms with Gasteiger partial charge in [-0.05, 0) is 37.0 Å². The minimum atomic E-state index is -0.762. The SMILES string of the molecule is CC(C)CCCCCCCCCCCCCC(=O)OC[C@@H](COC(=O)CCCCCCCCC(C)C)OC(=O)CCCCCCCCCCC(C)C. The molecule has 0 rings (SSSR count). The van der Waals surface area contributed by atoms with Crippen molar-refractivity contribution in [2.45, 2.75) is 247 Å². The normalized spacial score (nSPS) is 12.2. The van der Waals surface area contributed by atoms with E-state index in [1.807, 2.05) is 0 Å². The summed E-state index contributed by atoms with van der Waals surface area (Å²) in [4.78, 5) is 37.6. The van der Waals surface area contributed by atoms with Gasteiger partial charge in [-0.25, -0.2) is 0 Å². The highest BCUT2D eigenvalue weighted by Crippen LogP contribution is 2.16. The maximum Gasteiger partial charge on any atom is 0.306 e. The lowest BCUT2D eigenvalue weighted by Crippen LogP contribution is -2.30. The van der Waals surface area contributed by atoms with Crippen LogP contribution >= 0.6 is 0 Å². The van der Waals surface area contributed by atoms with Gasteiger partial charge in [0.25, 0.3) is 0 Å². The van der Waals surface area contributed by atoms with Crippen molar-refractivity contribution in [2.75, 3.05) is 13.2 Å². The Kier molecular flexibility index (Phi) is 36.6. The quantitative estimate of drug-likeness (QED) is 0.0355. The Labute approximate surface area is 323 Å². The van der Waals surface area contributed by atoms with Gasteiger partial charge in [0.05, 0.1) is 0 Å². The smallest absolute Gasteiger partial charge is 0.306 e. The van der Waals surface area contributed by atoms with Crippen molar-refractivity contribution in [3.05, 3.63) is 0 Å². The summed E-state index contributed by atoms with van der Waals surface area (Å²) < 4.78 is 16.7. The van der Waals surface area contributed by atoms with E-state index in [0.717, 1.165) is 75.5 Å². The van der Waals surface area contributed by atoms with E-state index < -0.39 is 6.10 Å². The molecule has 0 fully saturated rings. The van der Waals surface area contributed by atoms with Crippen LogP contribution < -0.4 is 0 Å². The van der Waals surface area contributed by atoms with Crippen LogP contribution in [0.2, 0.25) is 0 Å². The molecule has 0 aromatic heterocycles. The largest absolute Gasteiger partial charge is 0.462 e. The van der Waals surface area contributed by atoms with E-state index in [4.69, 9.17) is 14.2 Å². The van der Waals surface area contributed by atoms with Crippen LogP contribution in [0, 0.1) is 17.8 Å². The Morgan fingerprint density at radius 1 is 0.327 bits per heavy atom. The van der Waals surface area contributed by atoms with Gasteiger partial charge in [0, 0.05) is 19.3 Å². The molecule has 0 saturated heterocycles. The summed E-state index contributed by atoms with van der Waals surface area (Å²) >= 11 is 0. The summed E-state index contributed by atoms with van der Waals surface area (Å²) in [5, 5.41) is 0. The van der Waals surface area contributed by atoms with Crippen LogP contribution in [0.5, 0.6) is 0 Å². The lowest BCUT2D eigenvalue weighted by Gasteiger charge is -2.18. The Morgan fingerprint density at radius 2 is 0.558 bits per heavy atom. The first kappa shape index (κ1) is 50.4. The third-order valence-corrected chi connectivity index (χ3v) is 10.1. The van der Waals surface area contributed by atoms with Crippen molar-refractivity contribution in [1.82, 2.24) is 0 Å².